The van der Waals surface area contributed by atoms with Crippen LogP contribution >= 0.6 is 23.2 Å². The van der Waals surface area contributed by atoms with E-state index in [0.29, 0.717) is 17.8 Å². The standard InChI is InChI=1S/C15H9Cl2F7N2/c16-9-5-7(13(18,14(19,20)21)15(22,23)24)6-10(17)12(9)11-3-4-25-26(11)8-1-2-8/h3-6,8H,1-2H2. The normalized spacial score (nSPS) is 16.2. The van der Waals surface area contributed by atoms with E-state index in [-0.39, 0.29) is 11.6 Å². The first kappa shape index (κ1) is 19.3. The molecule has 142 valence electrons. The molecule has 2 nitrogen and oxygen atoms in total. The zero-order valence-electron chi connectivity index (χ0n) is 12.6. The highest BCUT2D eigenvalue weighted by Gasteiger charge is 2.73. The highest BCUT2D eigenvalue weighted by atomic mass is 35.5. The van der Waals surface area contributed by atoms with Gasteiger partial charge in [-0.2, -0.15) is 31.4 Å². The van der Waals surface area contributed by atoms with Gasteiger partial charge >= 0.3 is 18.0 Å². The summed E-state index contributed by atoms with van der Waals surface area (Å²) in [6, 6.07) is 2.13. The van der Waals surface area contributed by atoms with E-state index in [9.17, 15) is 30.7 Å². The van der Waals surface area contributed by atoms with Gasteiger partial charge in [-0.3, -0.25) is 4.68 Å². The third-order valence-corrected chi connectivity index (χ3v) is 4.64. The molecule has 0 spiro atoms. The van der Waals surface area contributed by atoms with Crippen LogP contribution < -0.4 is 0 Å². The van der Waals surface area contributed by atoms with Crippen LogP contribution in [-0.4, -0.2) is 22.1 Å². The quantitative estimate of drug-likeness (QED) is 0.519. The van der Waals surface area contributed by atoms with Crippen LogP contribution in [0.1, 0.15) is 24.4 Å². The molecule has 1 saturated carbocycles. The predicted octanol–water partition coefficient (Wildman–Crippen LogP) is 6.48. The van der Waals surface area contributed by atoms with Gasteiger partial charge in [-0.1, -0.05) is 23.2 Å². The Morgan fingerprint density at radius 2 is 1.42 bits per heavy atom. The molecular weight excluding hydrogens is 412 g/mol. The zero-order valence-corrected chi connectivity index (χ0v) is 14.1. The van der Waals surface area contributed by atoms with Gasteiger partial charge in [0.15, 0.2) is 0 Å². The van der Waals surface area contributed by atoms with Crippen LogP contribution in [0.2, 0.25) is 10.0 Å². The number of aromatic nitrogens is 2. The van der Waals surface area contributed by atoms with E-state index in [2.05, 4.69) is 5.10 Å². The van der Waals surface area contributed by atoms with E-state index in [1.165, 1.54) is 16.9 Å². The number of hydrogen-bond donors (Lipinski definition) is 0. The highest BCUT2D eigenvalue weighted by Crippen LogP contribution is 2.55. The summed E-state index contributed by atoms with van der Waals surface area (Å²) < 4.78 is 93.2. The summed E-state index contributed by atoms with van der Waals surface area (Å²) in [5.41, 5.74) is -7.00. The first-order valence-corrected chi connectivity index (χ1v) is 7.99. The third-order valence-electron chi connectivity index (χ3n) is 4.04. The molecule has 3 rings (SSSR count). The Morgan fingerprint density at radius 1 is 0.923 bits per heavy atom. The SMILES string of the molecule is FC(F)(F)C(F)(c1cc(Cl)c(-c2ccnn2C2CC2)c(Cl)c1)C(F)(F)F. The Labute approximate surface area is 152 Å². The van der Waals surface area contributed by atoms with Crippen molar-refractivity contribution in [2.75, 3.05) is 0 Å². The van der Waals surface area contributed by atoms with E-state index < -0.39 is 33.6 Å². The number of alkyl halides is 7. The maximum atomic E-state index is 14.2. The van der Waals surface area contributed by atoms with Crippen molar-refractivity contribution < 1.29 is 30.7 Å². The zero-order chi connectivity index (χ0) is 19.5. The van der Waals surface area contributed by atoms with Crippen LogP contribution in [0.3, 0.4) is 0 Å². The monoisotopic (exact) mass is 420 g/mol. The summed E-state index contributed by atoms with van der Waals surface area (Å²) in [5.74, 6) is 0. The van der Waals surface area contributed by atoms with Gasteiger partial charge in [-0.05, 0) is 31.0 Å². The minimum Gasteiger partial charge on any atom is -0.262 e. The summed E-state index contributed by atoms with van der Waals surface area (Å²) in [6.07, 6.45) is -9.45. The Balaban J connectivity index is 2.17. The molecule has 1 aromatic carbocycles. The molecule has 1 aliphatic carbocycles. The van der Waals surface area contributed by atoms with Gasteiger partial charge in [0.05, 0.1) is 21.8 Å². The largest absolute Gasteiger partial charge is 0.435 e. The molecule has 1 fully saturated rings. The molecule has 1 heterocycles. The fourth-order valence-electron chi connectivity index (χ4n) is 2.63. The van der Waals surface area contributed by atoms with Crippen molar-refractivity contribution in [3.05, 3.63) is 40.0 Å². The predicted molar refractivity (Wildman–Crippen MR) is 80.9 cm³/mol. The topological polar surface area (TPSA) is 17.8 Å². The number of benzene rings is 1. The van der Waals surface area contributed by atoms with E-state index >= 15 is 0 Å². The van der Waals surface area contributed by atoms with Crippen LogP contribution in [0.25, 0.3) is 11.3 Å². The number of halogens is 9. The van der Waals surface area contributed by atoms with Crippen LogP contribution in [0.5, 0.6) is 0 Å². The van der Waals surface area contributed by atoms with Gasteiger partial charge in [0.1, 0.15) is 0 Å². The van der Waals surface area contributed by atoms with E-state index in [1.54, 1.807) is 0 Å². The third kappa shape index (κ3) is 2.94. The molecule has 0 N–H and O–H groups in total. The van der Waals surface area contributed by atoms with Crippen molar-refractivity contribution in [2.45, 2.75) is 36.9 Å². The number of hydrogen-bond acceptors (Lipinski definition) is 1. The summed E-state index contributed by atoms with van der Waals surface area (Å²) in [4.78, 5) is 0. The van der Waals surface area contributed by atoms with E-state index in [0.717, 1.165) is 12.8 Å². The van der Waals surface area contributed by atoms with E-state index in [1.807, 2.05) is 0 Å². The molecule has 2 aromatic rings. The minimum absolute atomic E-state index is 0.00631. The maximum Gasteiger partial charge on any atom is 0.435 e. The van der Waals surface area contributed by atoms with Crippen molar-refractivity contribution >= 4 is 23.2 Å². The second kappa shape index (κ2) is 6.02. The molecule has 0 atom stereocenters. The lowest BCUT2D eigenvalue weighted by molar-refractivity contribution is -0.348. The van der Waals surface area contributed by atoms with Crippen molar-refractivity contribution in [1.29, 1.82) is 0 Å². The molecule has 0 unspecified atom stereocenters. The molecule has 0 amide bonds. The Hall–Kier alpha value is -1.48. The van der Waals surface area contributed by atoms with Crippen LogP contribution in [0.4, 0.5) is 30.7 Å². The first-order valence-electron chi connectivity index (χ1n) is 7.23. The molecule has 1 aromatic heterocycles. The molecule has 0 bridgehead atoms. The number of rotatable bonds is 3. The molecule has 0 saturated heterocycles. The average molecular weight is 421 g/mol. The second-order valence-electron chi connectivity index (χ2n) is 5.86. The lowest BCUT2D eigenvalue weighted by Gasteiger charge is -2.30. The van der Waals surface area contributed by atoms with Crippen molar-refractivity contribution in [1.82, 2.24) is 9.78 Å². The fourth-order valence-corrected chi connectivity index (χ4v) is 3.31. The molecule has 0 aliphatic heterocycles. The van der Waals surface area contributed by atoms with Crippen LogP contribution in [-0.2, 0) is 5.67 Å². The molecular formula is C15H9Cl2F7N2. The van der Waals surface area contributed by atoms with Crippen LogP contribution in [0.15, 0.2) is 24.4 Å². The molecule has 26 heavy (non-hydrogen) atoms. The number of nitrogens with zero attached hydrogens (tertiary/aromatic N) is 2. The lowest BCUT2D eigenvalue weighted by atomic mass is 9.92. The molecule has 11 heteroatoms. The Morgan fingerprint density at radius 3 is 1.85 bits per heavy atom. The summed E-state index contributed by atoms with van der Waals surface area (Å²) in [5, 5.41) is 2.98. The van der Waals surface area contributed by atoms with Crippen molar-refractivity contribution in [3.8, 4) is 11.3 Å². The Kier molecular flexibility index (Phi) is 4.46. The van der Waals surface area contributed by atoms with Gasteiger partial charge < -0.3 is 0 Å². The molecule has 0 radical (unpaired) electrons. The van der Waals surface area contributed by atoms with Gasteiger partial charge in [0.2, 0.25) is 0 Å². The highest BCUT2D eigenvalue weighted by molar-refractivity contribution is 6.39. The summed E-state index contributed by atoms with van der Waals surface area (Å²) >= 11 is 11.8. The van der Waals surface area contributed by atoms with E-state index in [4.69, 9.17) is 23.2 Å². The van der Waals surface area contributed by atoms with Crippen molar-refractivity contribution in [2.24, 2.45) is 0 Å². The first-order chi connectivity index (χ1) is 11.9. The summed E-state index contributed by atoms with van der Waals surface area (Å²) in [6.45, 7) is 0. The van der Waals surface area contributed by atoms with Gasteiger partial charge in [0, 0.05) is 17.3 Å². The van der Waals surface area contributed by atoms with Gasteiger partial charge in [-0.15, -0.1) is 0 Å². The minimum atomic E-state index is -6.24. The molecule has 1 aliphatic rings. The average Bonchev–Trinajstić information content (AvgIpc) is 3.22. The fraction of sp³-hybridized carbons (Fsp3) is 0.400. The second-order valence-corrected chi connectivity index (χ2v) is 6.68. The lowest BCUT2D eigenvalue weighted by Crippen LogP contribution is -2.50. The Bertz CT molecular complexity index is 800. The van der Waals surface area contributed by atoms with Gasteiger partial charge in [-0.25, -0.2) is 4.39 Å². The summed E-state index contributed by atoms with van der Waals surface area (Å²) in [7, 11) is 0. The smallest absolute Gasteiger partial charge is 0.262 e. The maximum absolute atomic E-state index is 14.2. The van der Waals surface area contributed by atoms with Gasteiger partial charge in [0.25, 0.3) is 0 Å². The van der Waals surface area contributed by atoms with Crippen LogP contribution in [0, 0.1) is 0 Å². The van der Waals surface area contributed by atoms with Crippen molar-refractivity contribution in [3.63, 3.8) is 0 Å².